The second-order valence-electron chi connectivity index (χ2n) is 5.22. The Morgan fingerprint density at radius 1 is 1.00 bits per heavy atom. The van der Waals surface area contributed by atoms with Gasteiger partial charge in [-0.3, -0.25) is 4.79 Å². The van der Waals surface area contributed by atoms with Crippen molar-refractivity contribution in [2.45, 2.75) is 6.54 Å². The summed E-state index contributed by atoms with van der Waals surface area (Å²) in [5, 5.41) is 0.629. The molecule has 120 valence electrons. The number of carbonyl (C=O) groups excluding carboxylic acids is 1. The molecule has 0 bridgehead atoms. The number of amides is 1. The average molecular weight is 338 g/mol. The van der Waals surface area contributed by atoms with Gasteiger partial charge < -0.3 is 9.32 Å². The van der Waals surface area contributed by atoms with Crippen molar-refractivity contribution in [3.63, 3.8) is 0 Å². The smallest absolute Gasteiger partial charge is 0.251 e. The number of anilines is 1. The molecule has 0 fully saturated rings. The summed E-state index contributed by atoms with van der Waals surface area (Å²) in [6.07, 6.45) is 4.96. The molecule has 0 aliphatic heterocycles. The molecule has 0 atom stereocenters. The van der Waals surface area contributed by atoms with E-state index >= 15 is 0 Å². The van der Waals surface area contributed by atoms with Crippen LogP contribution >= 0.6 is 11.6 Å². The van der Waals surface area contributed by atoms with E-state index in [1.165, 1.54) is 0 Å². The molecule has 0 aliphatic rings. The van der Waals surface area contributed by atoms with Gasteiger partial charge in [-0.05, 0) is 48.0 Å². The molecule has 24 heavy (non-hydrogen) atoms. The standard InChI is InChI=1S/C20H16ClNO2/c21-17-9-11-18(12-10-17)22(15-19-7-4-14-24-19)20(23)13-8-16-5-2-1-3-6-16/h1-14H,15H2/b13-8+. The fourth-order valence-corrected chi connectivity index (χ4v) is 2.42. The number of hydrogen-bond acceptors (Lipinski definition) is 2. The van der Waals surface area contributed by atoms with Gasteiger partial charge in [-0.1, -0.05) is 41.9 Å². The van der Waals surface area contributed by atoms with Crippen LogP contribution in [0.25, 0.3) is 6.08 Å². The monoisotopic (exact) mass is 337 g/mol. The van der Waals surface area contributed by atoms with Gasteiger partial charge in [0.15, 0.2) is 0 Å². The summed E-state index contributed by atoms with van der Waals surface area (Å²) in [7, 11) is 0. The van der Waals surface area contributed by atoms with E-state index < -0.39 is 0 Å². The van der Waals surface area contributed by atoms with Crippen LogP contribution in [0.4, 0.5) is 5.69 Å². The van der Waals surface area contributed by atoms with Crippen molar-refractivity contribution in [3.8, 4) is 0 Å². The maximum absolute atomic E-state index is 12.7. The Hall–Kier alpha value is -2.78. The first kappa shape index (κ1) is 16.1. The van der Waals surface area contributed by atoms with Crippen molar-refractivity contribution in [2.24, 2.45) is 0 Å². The molecule has 0 saturated heterocycles. The lowest BCUT2D eigenvalue weighted by Gasteiger charge is -2.20. The first-order chi connectivity index (χ1) is 11.7. The predicted octanol–water partition coefficient (Wildman–Crippen LogP) is 5.18. The fraction of sp³-hybridized carbons (Fsp3) is 0.0500. The summed E-state index contributed by atoms with van der Waals surface area (Å²) in [4.78, 5) is 14.3. The second-order valence-corrected chi connectivity index (χ2v) is 5.66. The van der Waals surface area contributed by atoms with Gasteiger partial charge in [0.05, 0.1) is 12.8 Å². The van der Waals surface area contributed by atoms with Gasteiger partial charge in [0.25, 0.3) is 5.91 Å². The highest BCUT2D eigenvalue weighted by Crippen LogP contribution is 2.21. The largest absolute Gasteiger partial charge is 0.467 e. The summed E-state index contributed by atoms with van der Waals surface area (Å²) >= 11 is 5.94. The minimum atomic E-state index is -0.127. The van der Waals surface area contributed by atoms with Crippen LogP contribution in [0.5, 0.6) is 0 Å². The molecule has 3 nitrogen and oxygen atoms in total. The van der Waals surface area contributed by atoms with E-state index in [0.29, 0.717) is 17.3 Å². The van der Waals surface area contributed by atoms with Crippen molar-refractivity contribution in [3.05, 3.63) is 95.4 Å². The minimum absolute atomic E-state index is 0.127. The molecule has 1 aromatic heterocycles. The maximum Gasteiger partial charge on any atom is 0.251 e. The number of hydrogen-bond donors (Lipinski definition) is 0. The third-order valence-corrected chi connectivity index (χ3v) is 3.77. The molecule has 0 unspecified atom stereocenters. The van der Waals surface area contributed by atoms with Crippen LogP contribution in [0, 0.1) is 0 Å². The first-order valence-corrected chi connectivity index (χ1v) is 7.93. The molecule has 1 amide bonds. The molecule has 1 heterocycles. The Morgan fingerprint density at radius 3 is 2.42 bits per heavy atom. The van der Waals surface area contributed by atoms with Crippen LogP contribution in [-0.4, -0.2) is 5.91 Å². The van der Waals surface area contributed by atoms with Gasteiger partial charge in [-0.15, -0.1) is 0 Å². The van der Waals surface area contributed by atoms with Crippen LogP contribution < -0.4 is 4.90 Å². The Morgan fingerprint density at radius 2 is 1.75 bits per heavy atom. The van der Waals surface area contributed by atoms with E-state index in [0.717, 1.165) is 11.3 Å². The van der Waals surface area contributed by atoms with Crippen molar-refractivity contribution in [1.82, 2.24) is 0 Å². The van der Waals surface area contributed by atoms with E-state index in [2.05, 4.69) is 0 Å². The molecular weight excluding hydrogens is 322 g/mol. The highest BCUT2D eigenvalue weighted by molar-refractivity contribution is 6.30. The van der Waals surface area contributed by atoms with Crippen molar-refractivity contribution < 1.29 is 9.21 Å². The third kappa shape index (κ3) is 4.15. The first-order valence-electron chi connectivity index (χ1n) is 7.55. The lowest BCUT2D eigenvalue weighted by atomic mass is 10.2. The van der Waals surface area contributed by atoms with E-state index in [-0.39, 0.29) is 5.91 Å². The molecule has 0 spiro atoms. The number of carbonyl (C=O) groups is 1. The summed E-state index contributed by atoms with van der Waals surface area (Å²) in [5.74, 6) is 0.587. The molecule has 0 N–H and O–H groups in total. The Bertz CT molecular complexity index is 809. The molecule has 0 aliphatic carbocycles. The van der Waals surface area contributed by atoms with Gasteiger partial charge in [-0.25, -0.2) is 0 Å². The molecule has 3 aromatic rings. The average Bonchev–Trinajstić information content (AvgIpc) is 3.13. The second kappa shape index (κ2) is 7.66. The Kier molecular flexibility index (Phi) is 5.14. The van der Waals surface area contributed by atoms with Gasteiger partial charge in [-0.2, -0.15) is 0 Å². The Balaban J connectivity index is 1.84. The number of nitrogens with zero attached hydrogens (tertiary/aromatic N) is 1. The minimum Gasteiger partial charge on any atom is -0.467 e. The van der Waals surface area contributed by atoms with E-state index in [1.54, 1.807) is 41.5 Å². The molecule has 4 heteroatoms. The highest BCUT2D eigenvalue weighted by Gasteiger charge is 2.15. The summed E-state index contributed by atoms with van der Waals surface area (Å²) in [6, 6.07) is 20.5. The van der Waals surface area contributed by atoms with Crippen LogP contribution in [0.15, 0.2) is 83.5 Å². The number of benzene rings is 2. The zero-order valence-electron chi connectivity index (χ0n) is 12.9. The van der Waals surface area contributed by atoms with Gasteiger partial charge in [0, 0.05) is 16.8 Å². The van der Waals surface area contributed by atoms with Gasteiger partial charge in [0.2, 0.25) is 0 Å². The van der Waals surface area contributed by atoms with E-state index in [1.807, 2.05) is 48.5 Å². The van der Waals surface area contributed by atoms with Crippen molar-refractivity contribution in [2.75, 3.05) is 4.90 Å². The maximum atomic E-state index is 12.7. The Labute approximate surface area is 145 Å². The lowest BCUT2D eigenvalue weighted by molar-refractivity contribution is -0.114. The van der Waals surface area contributed by atoms with Crippen LogP contribution in [0.1, 0.15) is 11.3 Å². The van der Waals surface area contributed by atoms with Crippen molar-refractivity contribution >= 4 is 29.3 Å². The number of halogens is 1. The fourth-order valence-electron chi connectivity index (χ4n) is 2.30. The summed E-state index contributed by atoms with van der Waals surface area (Å²) in [5.41, 5.74) is 1.73. The lowest BCUT2D eigenvalue weighted by Crippen LogP contribution is -2.28. The zero-order valence-corrected chi connectivity index (χ0v) is 13.7. The van der Waals surface area contributed by atoms with Crippen LogP contribution in [0.2, 0.25) is 5.02 Å². The molecule has 0 saturated carbocycles. The SMILES string of the molecule is O=C(/C=C/c1ccccc1)N(Cc1ccco1)c1ccc(Cl)cc1. The summed E-state index contributed by atoms with van der Waals surface area (Å²) < 4.78 is 5.38. The molecular formula is C20H16ClNO2. The summed E-state index contributed by atoms with van der Waals surface area (Å²) in [6.45, 7) is 0.354. The normalized spacial score (nSPS) is 10.9. The molecule has 3 rings (SSSR count). The van der Waals surface area contributed by atoms with E-state index in [9.17, 15) is 4.79 Å². The zero-order chi connectivity index (χ0) is 16.8. The molecule has 2 aromatic carbocycles. The highest BCUT2D eigenvalue weighted by atomic mass is 35.5. The van der Waals surface area contributed by atoms with Crippen LogP contribution in [0.3, 0.4) is 0 Å². The quantitative estimate of drug-likeness (QED) is 0.601. The van der Waals surface area contributed by atoms with Crippen molar-refractivity contribution in [1.29, 1.82) is 0 Å². The number of furan rings is 1. The number of rotatable bonds is 5. The third-order valence-electron chi connectivity index (χ3n) is 3.52. The van der Waals surface area contributed by atoms with Gasteiger partial charge >= 0.3 is 0 Å². The van der Waals surface area contributed by atoms with E-state index in [4.69, 9.17) is 16.0 Å². The predicted molar refractivity (Wildman–Crippen MR) is 96.8 cm³/mol. The van der Waals surface area contributed by atoms with Gasteiger partial charge in [0.1, 0.15) is 5.76 Å². The molecule has 0 radical (unpaired) electrons. The topological polar surface area (TPSA) is 33.5 Å². The van der Waals surface area contributed by atoms with Crippen LogP contribution in [-0.2, 0) is 11.3 Å².